The predicted molar refractivity (Wildman–Crippen MR) is 90.6 cm³/mol. The van der Waals surface area contributed by atoms with Gasteiger partial charge in [-0.25, -0.2) is 0 Å². The second-order valence-electron chi connectivity index (χ2n) is 5.76. The van der Waals surface area contributed by atoms with E-state index in [4.69, 9.17) is 15.2 Å². The van der Waals surface area contributed by atoms with Crippen LogP contribution < -0.4 is 15.2 Å². The summed E-state index contributed by atoms with van der Waals surface area (Å²) in [6.45, 7) is 3.53. The van der Waals surface area contributed by atoms with Crippen LogP contribution in [-0.4, -0.2) is 20.3 Å². The van der Waals surface area contributed by atoms with Crippen molar-refractivity contribution in [2.45, 2.75) is 25.2 Å². The molecule has 3 heteroatoms. The fourth-order valence-electron chi connectivity index (χ4n) is 2.55. The van der Waals surface area contributed by atoms with Gasteiger partial charge in [0.1, 0.15) is 11.5 Å². The number of benzene rings is 2. The van der Waals surface area contributed by atoms with Gasteiger partial charge in [-0.15, -0.1) is 0 Å². The molecule has 1 atom stereocenters. The smallest absolute Gasteiger partial charge is 0.122 e. The standard InChI is InChI=1S/C19H25NO2/c1-19(15-20,16-8-4-3-5-9-16)12-7-13-22-18-11-6-10-17(14-18)21-2/h3-6,8-11,14H,7,12-13,15,20H2,1-2H3. The fourth-order valence-corrected chi connectivity index (χ4v) is 2.55. The Labute approximate surface area is 133 Å². The summed E-state index contributed by atoms with van der Waals surface area (Å²) in [5.41, 5.74) is 7.30. The quantitative estimate of drug-likeness (QED) is 0.755. The highest BCUT2D eigenvalue weighted by molar-refractivity contribution is 5.32. The number of ether oxygens (including phenoxy) is 2. The molecule has 2 rings (SSSR count). The maximum atomic E-state index is 6.01. The van der Waals surface area contributed by atoms with E-state index >= 15 is 0 Å². The summed E-state index contributed by atoms with van der Waals surface area (Å²) in [4.78, 5) is 0. The third-order valence-corrected chi connectivity index (χ3v) is 4.10. The Hall–Kier alpha value is -2.00. The van der Waals surface area contributed by atoms with Crippen LogP contribution in [0.1, 0.15) is 25.3 Å². The van der Waals surface area contributed by atoms with E-state index in [2.05, 4.69) is 31.2 Å². The molecule has 2 aromatic rings. The van der Waals surface area contributed by atoms with Crippen molar-refractivity contribution in [2.24, 2.45) is 5.73 Å². The maximum Gasteiger partial charge on any atom is 0.122 e. The van der Waals surface area contributed by atoms with Crippen molar-refractivity contribution < 1.29 is 9.47 Å². The third kappa shape index (κ3) is 4.25. The Balaban J connectivity index is 1.86. The van der Waals surface area contributed by atoms with Gasteiger partial charge in [-0.1, -0.05) is 43.3 Å². The SMILES string of the molecule is COc1cccc(OCCCC(C)(CN)c2ccccc2)c1. The molecule has 0 spiro atoms. The molecular formula is C19H25NO2. The van der Waals surface area contributed by atoms with Crippen LogP contribution in [0.2, 0.25) is 0 Å². The molecule has 0 aliphatic heterocycles. The van der Waals surface area contributed by atoms with Crippen molar-refractivity contribution in [1.82, 2.24) is 0 Å². The van der Waals surface area contributed by atoms with E-state index in [0.29, 0.717) is 13.2 Å². The summed E-state index contributed by atoms with van der Waals surface area (Å²) < 4.78 is 11.0. The van der Waals surface area contributed by atoms with E-state index in [0.717, 1.165) is 24.3 Å². The van der Waals surface area contributed by atoms with Gasteiger partial charge < -0.3 is 15.2 Å². The number of rotatable bonds is 8. The lowest BCUT2D eigenvalue weighted by Gasteiger charge is -2.28. The first-order chi connectivity index (χ1) is 10.7. The Morgan fingerprint density at radius 1 is 1.00 bits per heavy atom. The first-order valence-electron chi connectivity index (χ1n) is 7.70. The molecule has 1 unspecified atom stereocenters. The fraction of sp³-hybridized carbons (Fsp3) is 0.368. The van der Waals surface area contributed by atoms with Crippen molar-refractivity contribution in [3.63, 3.8) is 0 Å². The monoisotopic (exact) mass is 299 g/mol. The molecule has 0 aliphatic rings. The molecule has 22 heavy (non-hydrogen) atoms. The summed E-state index contributed by atoms with van der Waals surface area (Å²) in [5, 5.41) is 0. The number of nitrogens with two attached hydrogens (primary N) is 1. The lowest BCUT2D eigenvalue weighted by atomic mass is 9.79. The summed E-state index contributed by atoms with van der Waals surface area (Å²) >= 11 is 0. The highest BCUT2D eigenvalue weighted by Crippen LogP contribution is 2.28. The normalized spacial score (nSPS) is 13.4. The number of methoxy groups -OCH3 is 1. The van der Waals surface area contributed by atoms with Gasteiger partial charge in [-0.2, -0.15) is 0 Å². The van der Waals surface area contributed by atoms with Gasteiger partial charge in [0.15, 0.2) is 0 Å². The Morgan fingerprint density at radius 2 is 1.73 bits per heavy atom. The van der Waals surface area contributed by atoms with Crippen LogP contribution in [0, 0.1) is 0 Å². The first-order valence-corrected chi connectivity index (χ1v) is 7.70. The van der Waals surface area contributed by atoms with Crippen LogP contribution in [0.3, 0.4) is 0 Å². The molecule has 0 fully saturated rings. The molecule has 0 aliphatic carbocycles. The zero-order chi connectivity index (χ0) is 15.8. The molecule has 0 heterocycles. The summed E-state index contributed by atoms with van der Waals surface area (Å²) in [5.74, 6) is 1.65. The van der Waals surface area contributed by atoms with Crippen LogP contribution in [-0.2, 0) is 5.41 Å². The molecule has 3 nitrogen and oxygen atoms in total. The van der Waals surface area contributed by atoms with Crippen LogP contribution in [0.25, 0.3) is 0 Å². The minimum atomic E-state index is -0.000994. The van der Waals surface area contributed by atoms with Crippen LogP contribution >= 0.6 is 0 Å². The third-order valence-electron chi connectivity index (χ3n) is 4.10. The zero-order valence-electron chi connectivity index (χ0n) is 13.4. The molecule has 0 saturated carbocycles. The Bertz CT molecular complexity index is 571. The summed E-state index contributed by atoms with van der Waals surface area (Å²) in [6.07, 6.45) is 1.96. The largest absolute Gasteiger partial charge is 0.497 e. The van der Waals surface area contributed by atoms with Gasteiger partial charge in [0.2, 0.25) is 0 Å². The molecule has 2 N–H and O–H groups in total. The van der Waals surface area contributed by atoms with Gasteiger partial charge in [-0.05, 0) is 30.5 Å². The van der Waals surface area contributed by atoms with Gasteiger partial charge in [0.05, 0.1) is 13.7 Å². The van der Waals surface area contributed by atoms with Crippen LogP contribution in [0.4, 0.5) is 0 Å². The lowest BCUT2D eigenvalue weighted by Crippen LogP contribution is -2.32. The predicted octanol–water partition coefficient (Wildman–Crippen LogP) is 3.77. The van der Waals surface area contributed by atoms with E-state index in [1.807, 2.05) is 30.3 Å². The maximum absolute atomic E-state index is 6.01. The van der Waals surface area contributed by atoms with Crippen molar-refractivity contribution in [1.29, 1.82) is 0 Å². The summed E-state index contributed by atoms with van der Waals surface area (Å²) in [7, 11) is 1.66. The van der Waals surface area contributed by atoms with E-state index in [1.165, 1.54) is 5.56 Å². The molecule has 0 aromatic heterocycles. The molecule has 0 bridgehead atoms. The van der Waals surface area contributed by atoms with Crippen molar-refractivity contribution in [3.05, 3.63) is 60.2 Å². The minimum Gasteiger partial charge on any atom is -0.497 e. The van der Waals surface area contributed by atoms with E-state index in [1.54, 1.807) is 7.11 Å². The summed E-state index contributed by atoms with van der Waals surface area (Å²) in [6, 6.07) is 18.2. The van der Waals surface area contributed by atoms with Crippen molar-refractivity contribution in [3.8, 4) is 11.5 Å². The second-order valence-corrected chi connectivity index (χ2v) is 5.76. The average molecular weight is 299 g/mol. The zero-order valence-corrected chi connectivity index (χ0v) is 13.4. The minimum absolute atomic E-state index is 0.000994. The van der Waals surface area contributed by atoms with Crippen molar-refractivity contribution in [2.75, 3.05) is 20.3 Å². The van der Waals surface area contributed by atoms with Gasteiger partial charge in [0, 0.05) is 18.0 Å². The Morgan fingerprint density at radius 3 is 2.41 bits per heavy atom. The molecule has 118 valence electrons. The van der Waals surface area contributed by atoms with Crippen molar-refractivity contribution >= 4 is 0 Å². The van der Waals surface area contributed by atoms with E-state index in [-0.39, 0.29) is 5.41 Å². The number of hydrogen-bond donors (Lipinski definition) is 1. The molecule has 2 aromatic carbocycles. The highest BCUT2D eigenvalue weighted by atomic mass is 16.5. The molecular weight excluding hydrogens is 274 g/mol. The number of hydrogen-bond acceptors (Lipinski definition) is 3. The molecule has 0 saturated heterocycles. The van der Waals surface area contributed by atoms with Crippen LogP contribution in [0.15, 0.2) is 54.6 Å². The highest BCUT2D eigenvalue weighted by Gasteiger charge is 2.24. The van der Waals surface area contributed by atoms with Gasteiger partial charge in [0.25, 0.3) is 0 Å². The topological polar surface area (TPSA) is 44.5 Å². The second kappa shape index (κ2) is 7.85. The van der Waals surface area contributed by atoms with E-state index in [9.17, 15) is 0 Å². The molecule has 0 amide bonds. The lowest BCUT2D eigenvalue weighted by molar-refractivity contribution is 0.284. The van der Waals surface area contributed by atoms with Gasteiger partial charge in [-0.3, -0.25) is 0 Å². The van der Waals surface area contributed by atoms with Crippen LogP contribution in [0.5, 0.6) is 11.5 Å². The molecule has 0 radical (unpaired) electrons. The first kappa shape index (κ1) is 16.4. The average Bonchev–Trinajstić information content (AvgIpc) is 2.59. The van der Waals surface area contributed by atoms with Gasteiger partial charge >= 0.3 is 0 Å². The van der Waals surface area contributed by atoms with E-state index < -0.39 is 0 Å². The Kier molecular flexibility index (Phi) is 5.84.